The first-order valence-electron chi connectivity index (χ1n) is 10.6. The molecule has 178 valence electrons. The second kappa shape index (κ2) is 8.94. The largest absolute Gasteiger partial charge is 0.493 e. The normalized spacial score (nSPS) is 12.4. The van der Waals surface area contributed by atoms with E-state index in [0.29, 0.717) is 5.69 Å². The molecular weight excluding hydrogens is 452 g/mol. The number of aromatic carboxylic acids is 1. The van der Waals surface area contributed by atoms with Crippen LogP contribution in [0.4, 0.5) is 11.4 Å². The number of carbonyl (C=O) groups is 4. The zero-order valence-corrected chi connectivity index (χ0v) is 19.5. The zero-order valence-electron chi connectivity index (χ0n) is 19.5. The number of carboxylic acid groups (broad SMARTS) is 1. The van der Waals surface area contributed by atoms with E-state index >= 15 is 0 Å². The van der Waals surface area contributed by atoms with E-state index in [2.05, 4.69) is 5.32 Å². The number of fused-ring (bicyclic) bond motifs is 1. The molecule has 0 atom stereocenters. The van der Waals surface area contributed by atoms with Gasteiger partial charge in [0, 0.05) is 17.7 Å². The average Bonchev–Trinajstić information content (AvgIpc) is 3.09. The molecular formula is C26H22N2O7. The summed E-state index contributed by atoms with van der Waals surface area (Å²) in [6.07, 6.45) is 0. The molecule has 4 rings (SSSR count). The van der Waals surface area contributed by atoms with Gasteiger partial charge in [-0.15, -0.1) is 0 Å². The highest BCUT2D eigenvalue weighted by atomic mass is 16.5. The number of amides is 3. The van der Waals surface area contributed by atoms with Crippen molar-refractivity contribution in [2.24, 2.45) is 0 Å². The van der Waals surface area contributed by atoms with Gasteiger partial charge in [0.15, 0.2) is 11.5 Å². The molecule has 0 aromatic heterocycles. The molecule has 0 unspecified atom stereocenters. The fourth-order valence-electron chi connectivity index (χ4n) is 3.93. The zero-order chi connectivity index (χ0) is 25.4. The van der Waals surface area contributed by atoms with Crippen LogP contribution in [0.1, 0.15) is 52.6 Å². The lowest BCUT2D eigenvalue weighted by molar-refractivity contribution is 0.0697. The number of carbonyl (C=O) groups excluding carboxylic acids is 3. The van der Waals surface area contributed by atoms with Crippen LogP contribution in [0, 0.1) is 13.8 Å². The van der Waals surface area contributed by atoms with Gasteiger partial charge in [-0.25, -0.2) is 9.69 Å². The maximum Gasteiger partial charge on any atom is 0.337 e. The van der Waals surface area contributed by atoms with E-state index in [1.165, 1.54) is 44.6 Å². The number of ether oxygens (including phenoxy) is 2. The summed E-state index contributed by atoms with van der Waals surface area (Å²) < 4.78 is 10.3. The molecule has 9 nitrogen and oxygen atoms in total. The van der Waals surface area contributed by atoms with Gasteiger partial charge in [-0.1, -0.05) is 12.1 Å². The summed E-state index contributed by atoms with van der Waals surface area (Å²) in [7, 11) is 2.75. The molecule has 0 aliphatic carbocycles. The number of benzene rings is 3. The molecule has 0 bridgehead atoms. The highest BCUT2D eigenvalue weighted by Gasteiger charge is 2.38. The third kappa shape index (κ3) is 3.97. The van der Waals surface area contributed by atoms with E-state index in [-0.39, 0.29) is 39.4 Å². The van der Waals surface area contributed by atoms with Crippen LogP contribution in [0.25, 0.3) is 0 Å². The molecule has 0 fully saturated rings. The Morgan fingerprint density at radius 3 is 2.20 bits per heavy atom. The minimum absolute atomic E-state index is 0.0138. The number of carboxylic acids is 1. The van der Waals surface area contributed by atoms with Crippen molar-refractivity contribution in [3.63, 3.8) is 0 Å². The lowest BCUT2D eigenvalue weighted by Gasteiger charge is -2.17. The first kappa shape index (κ1) is 23.5. The molecule has 9 heteroatoms. The average molecular weight is 474 g/mol. The smallest absolute Gasteiger partial charge is 0.337 e. The molecule has 0 radical (unpaired) electrons. The fourth-order valence-corrected chi connectivity index (χ4v) is 3.93. The topological polar surface area (TPSA) is 122 Å². The number of hydrogen-bond acceptors (Lipinski definition) is 6. The Hall–Kier alpha value is -4.66. The van der Waals surface area contributed by atoms with Crippen LogP contribution in [-0.2, 0) is 0 Å². The molecule has 35 heavy (non-hydrogen) atoms. The molecule has 1 heterocycles. The predicted molar refractivity (Wildman–Crippen MR) is 128 cm³/mol. The Labute approximate surface area is 200 Å². The van der Waals surface area contributed by atoms with Crippen LogP contribution in [0.2, 0.25) is 0 Å². The van der Waals surface area contributed by atoms with Crippen molar-refractivity contribution < 1.29 is 33.8 Å². The molecule has 1 aliphatic rings. The molecule has 2 N–H and O–H groups in total. The first-order chi connectivity index (χ1) is 16.7. The van der Waals surface area contributed by atoms with E-state index in [9.17, 15) is 24.3 Å². The Balaban J connectivity index is 1.68. The van der Waals surface area contributed by atoms with Gasteiger partial charge in [-0.2, -0.15) is 0 Å². The SMILES string of the molecule is COc1cc(NC(=O)c2ccc3c(c2)C(=O)N(c2cccc(C)c2C)C3=O)c(C(=O)O)cc1OC. The van der Waals surface area contributed by atoms with E-state index < -0.39 is 23.7 Å². The Bertz CT molecular complexity index is 1410. The van der Waals surface area contributed by atoms with E-state index in [1.54, 1.807) is 12.1 Å². The molecule has 3 aromatic carbocycles. The maximum absolute atomic E-state index is 13.2. The Morgan fingerprint density at radius 2 is 1.54 bits per heavy atom. The second-order valence-corrected chi connectivity index (χ2v) is 7.94. The summed E-state index contributed by atoms with van der Waals surface area (Å²) in [5.41, 5.74) is 2.36. The Morgan fingerprint density at radius 1 is 0.886 bits per heavy atom. The van der Waals surface area contributed by atoms with Crippen LogP contribution < -0.4 is 19.7 Å². The standard InChI is InChI=1S/C26H22N2O7/c1-13-6-5-7-20(14(13)2)28-24(30)16-9-8-15(10-17(16)25(28)31)23(29)27-19-12-22(35-4)21(34-3)11-18(19)26(32)33/h5-12H,1-4H3,(H,27,29)(H,32,33). The predicted octanol–water partition coefficient (Wildman–Crippen LogP) is 4.07. The summed E-state index contributed by atoms with van der Waals surface area (Å²) in [6, 6.07) is 12.1. The van der Waals surface area contributed by atoms with Crippen LogP contribution in [0.15, 0.2) is 48.5 Å². The third-order valence-corrected chi connectivity index (χ3v) is 5.97. The summed E-state index contributed by atoms with van der Waals surface area (Å²) in [5.74, 6) is -2.53. The number of imide groups is 1. The summed E-state index contributed by atoms with van der Waals surface area (Å²) in [4.78, 5) is 52.0. The first-order valence-corrected chi connectivity index (χ1v) is 10.6. The highest BCUT2D eigenvalue weighted by molar-refractivity contribution is 6.35. The van der Waals surface area contributed by atoms with Gasteiger partial charge in [-0.3, -0.25) is 14.4 Å². The van der Waals surface area contributed by atoms with Gasteiger partial charge in [0.05, 0.1) is 42.3 Å². The molecule has 0 spiro atoms. The van der Waals surface area contributed by atoms with Crippen molar-refractivity contribution in [2.45, 2.75) is 13.8 Å². The van der Waals surface area contributed by atoms with Gasteiger partial charge in [0.25, 0.3) is 17.7 Å². The number of methoxy groups -OCH3 is 2. The van der Waals surface area contributed by atoms with Crippen molar-refractivity contribution >= 4 is 35.1 Å². The lowest BCUT2D eigenvalue weighted by Crippen LogP contribution is -2.30. The highest BCUT2D eigenvalue weighted by Crippen LogP contribution is 2.35. The third-order valence-electron chi connectivity index (χ3n) is 5.97. The quantitative estimate of drug-likeness (QED) is 0.516. The fraction of sp³-hybridized carbons (Fsp3) is 0.154. The number of nitrogens with zero attached hydrogens (tertiary/aromatic N) is 1. The van der Waals surface area contributed by atoms with Gasteiger partial charge in [0.2, 0.25) is 0 Å². The summed E-state index contributed by atoms with van der Waals surface area (Å²) in [5, 5.41) is 12.1. The van der Waals surface area contributed by atoms with Crippen LogP contribution >= 0.6 is 0 Å². The Kier molecular flexibility index (Phi) is 6.00. The van der Waals surface area contributed by atoms with Gasteiger partial charge >= 0.3 is 5.97 Å². The molecule has 1 aliphatic heterocycles. The number of rotatable bonds is 6. The minimum Gasteiger partial charge on any atom is -0.493 e. The van der Waals surface area contributed by atoms with Gasteiger partial charge in [0.1, 0.15) is 0 Å². The molecule has 0 saturated heterocycles. The number of hydrogen-bond donors (Lipinski definition) is 2. The van der Waals surface area contributed by atoms with Crippen LogP contribution in [0.5, 0.6) is 11.5 Å². The van der Waals surface area contributed by atoms with E-state index in [0.717, 1.165) is 16.0 Å². The van der Waals surface area contributed by atoms with Gasteiger partial charge < -0.3 is 19.9 Å². The number of nitrogens with one attached hydrogen (secondary N) is 1. The summed E-state index contributed by atoms with van der Waals surface area (Å²) in [6.45, 7) is 3.72. The lowest BCUT2D eigenvalue weighted by atomic mass is 10.0. The van der Waals surface area contributed by atoms with Crippen molar-refractivity contribution in [3.8, 4) is 11.5 Å². The molecule has 0 saturated carbocycles. The van der Waals surface area contributed by atoms with Gasteiger partial charge in [-0.05, 0) is 49.2 Å². The van der Waals surface area contributed by atoms with Crippen molar-refractivity contribution in [2.75, 3.05) is 24.4 Å². The monoisotopic (exact) mass is 474 g/mol. The molecule has 3 amide bonds. The number of aryl methyl sites for hydroxylation is 1. The number of anilines is 2. The van der Waals surface area contributed by atoms with E-state index in [1.807, 2.05) is 19.9 Å². The van der Waals surface area contributed by atoms with Crippen molar-refractivity contribution in [1.29, 1.82) is 0 Å². The van der Waals surface area contributed by atoms with Crippen molar-refractivity contribution in [1.82, 2.24) is 0 Å². The van der Waals surface area contributed by atoms with Crippen LogP contribution in [-0.4, -0.2) is 43.0 Å². The van der Waals surface area contributed by atoms with E-state index in [4.69, 9.17) is 9.47 Å². The minimum atomic E-state index is -1.28. The summed E-state index contributed by atoms with van der Waals surface area (Å²) >= 11 is 0. The maximum atomic E-state index is 13.2. The second-order valence-electron chi connectivity index (χ2n) is 7.94. The van der Waals surface area contributed by atoms with Crippen LogP contribution in [0.3, 0.4) is 0 Å². The molecule has 3 aromatic rings. The van der Waals surface area contributed by atoms with Crippen molar-refractivity contribution in [3.05, 3.63) is 81.9 Å².